The monoisotopic (exact) mass is 283 g/mol. The molecule has 4 N–H and O–H groups in total. The van der Waals surface area contributed by atoms with Crippen LogP contribution in [-0.2, 0) is 0 Å². The maximum atomic E-state index is 8.73. The molecule has 20 heavy (non-hydrogen) atoms. The van der Waals surface area contributed by atoms with E-state index in [4.69, 9.17) is 10.9 Å². The molecule has 2 atom stereocenters. The molecule has 1 aliphatic rings. The molecule has 0 radical (unpaired) electrons. The molecular weight excluding hydrogens is 250 g/mol. The molecule has 0 saturated heterocycles. The molecule has 118 valence electrons. The lowest BCUT2D eigenvalue weighted by Gasteiger charge is -2.27. The summed E-state index contributed by atoms with van der Waals surface area (Å²) >= 11 is 0. The van der Waals surface area contributed by atoms with Gasteiger partial charge in [0.05, 0.1) is 0 Å². The second-order valence-electron chi connectivity index (χ2n) is 7.17. The van der Waals surface area contributed by atoms with Gasteiger partial charge in [-0.2, -0.15) is 0 Å². The van der Waals surface area contributed by atoms with Gasteiger partial charge >= 0.3 is 0 Å². The highest BCUT2D eigenvalue weighted by Gasteiger charge is 2.22. The zero-order chi connectivity index (χ0) is 15.0. The molecule has 0 bridgehead atoms. The van der Waals surface area contributed by atoms with E-state index in [1.165, 1.54) is 32.2 Å². The fourth-order valence-electron chi connectivity index (χ4n) is 3.13. The summed E-state index contributed by atoms with van der Waals surface area (Å²) in [5, 5.41) is 15.4. The first-order chi connectivity index (χ1) is 9.45. The molecule has 1 aliphatic carbocycles. The Morgan fingerprint density at radius 1 is 1.35 bits per heavy atom. The van der Waals surface area contributed by atoms with Crippen molar-refractivity contribution in [3.05, 3.63) is 0 Å². The smallest absolute Gasteiger partial charge is 0.144 e. The van der Waals surface area contributed by atoms with Gasteiger partial charge in [0.15, 0.2) is 0 Å². The zero-order valence-corrected chi connectivity index (χ0v) is 13.5. The van der Waals surface area contributed by atoms with Gasteiger partial charge in [-0.1, -0.05) is 45.2 Å². The van der Waals surface area contributed by atoms with Gasteiger partial charge in [-0.25, -0.2) is 0 Å². The van der Waals surface area contributed by atoms with Gasteiger partial charge in [0.25, 0.3) is 0 Å². The quantitative estimate of drug-likeness (QED) is 0.210. The van der Waals surface area contributed by atoms with Gasteiger partial charge < -0.3 is 16.3 Å². The molecular formula is C16H33N3O. The molecule has 2 unspecified atom stereocenters. The highest BCUT2D eigenvalue weighted by Crippen LogP contribution is 2.28. The molecule has 4 nitrogen and oxygen atoms in total. The number of hydrogen-bond acceptors (Lipinski definition) is 3. The summed E-state index contributed by atoms with van der Waals surface area (Å²) < 4.78 is 0. The first-order valence-corrected chi connectivity index (χ1v) is 8.14. The van der Waals surface area contributed by atoms with Gasteiger partial charge in [0.2, 0.25) is 0 Å². The van der Waals surface area contributed by atoms with Crippen molar-refractivity contribution in [1.82, 2.24) is 5.32 Å². The van der Waals surface area contributed by atoms with Crippen LogP contribution in [0.2, 0.25) is 0 Å². The van der Waals surface area contributed by atoms with Crippen molar-refractivity contribution in [2.45, 2.75) is 65.7 Å². The van der Waals surface area contributed by atoms with Crippen LogP contribution in [0.4, 0.5) is 0 Å². The van der Waals surface area contributed by atoms with Crippen molar-refractivity contribution < 1.29 is 5.21 Å². The number of nitrogens with zero attached hydrogens (tertiary/aromatic N) is 1. The van der Waals surface area contributed by atoms with Gasteiger partial charge in [0, 0.05) is 5.41 Å². The van der Waals surface area contributed by atoms with Crippen molar-refractivity contribution in [2.75, 3.05) is 13.1 Å². The number of hydrogen-bond donors (Lipinski definition) is 3. The standard InChI is InChI=1S/C16H33N3O/c1-13-7-6-8-14(11-13)12-18-10-5-4-9-16(2,3)15(17)19-20/h13-14,18,20H,4-12H2,1-3H3,(H2,17,19). The highest BCUT2D eigenvalue weighted by atomic mass is 16.4. The average Bonchev–Trinajstić information content (AvgIpc) is 2.41. The Morgan fingerprint density at radius 2 is 2.10 bits per heavy atom. The lowest BCUT2D eigenvalue weighted by atomic mass is 9.82. The lowest BCUT2D eigenvalue weighted by Crippen LogP contribution is -2.32. The summed E-state index contributed by atoms with van der Waals surface area (Å²) in [5.41, 5.74) is 5.49. The number of oxime groups is 1. The summed E-state index contributed by atoms with van der Waals surface area (Å²) in [6, 6.07) is 0. The van der Waals surface area contributed by atoms with Crippen LogP contribution in [-0.4, -0.2) is 24.1 Å². The summed E-state index contributed by atoms with van der Waals surface area (Å²) in [5.74, 6) is 2.13. The van der Waals surface area contributed by atoms with Crippen LogP contribution < -0.4 is 11.1 Å². The zero-order valence-electron chi connectivity index (χ0n) is 13.5. The lowest BCUT2D eigenvalue weighted by molar-refractivity contribution is 0.273. The summed E-state index contributed by atoms with van der Waals surface area (Å²) in [4.78, 5) is 0. The Balaban J connectivity index is 2.05. The number of amidine groups is 1. The Morgan fingerprint density at radius 3 is 2.75 bits per heavy atom. The Bertz CT molecular complexity index is 302. The van der Waals surface area contributed by atoms with Crippen molar-refractivity contribution in [3.8, 4) is 0 Å². The third kappa shape index (κ3) is 6.12. The Hall–Kier alpha value is -0.770. The van der Waals surface area contributed by atoms with E-state index in [0.717, 1.165) is 37.6 Å². The van der Waals surface area contributed by atoms with Crippen LogP contribution in [0.5, 0.6) is 0 Å². The predicted octanol–water partition coefficient (Wildman–Crippen LogP) is 3.35. The Labute approximate surface area is 124 Å². The minimum absolute atomic E-state index is 0.201. The second-order valence-corrected chi connectivity index (χ2v) is 7.17. The largest absolute Gasteiger partial charge is 0.409 e. The van der Waals surface area contributed by atoms with Crippen LogP contribution in [0.3, 0.4) is 0 Å². The third-order valence-corrected chi connectivity index (χ3v) is 4.68. The van der Waals surface area contributed by atoms with E-state index < -0.39 is 0 Å². The molecule has 0 aliphatic heterocycles. The summed E-state index contributed by atoms with van der Waals surface area (Å²) in [7, 11) is 0. The van der Waals surface area contributed by atoms with E-state index in [2.05, 4.69) is 17.4 Å². The van der Waals surface area contributed by atoms with E-state index in [1.54, 1.807) is 0 Å². The highest BCUT2D eigenvalue weighted by molar-refractivity contribution is 5.85. The van der Waals surface area contributed by atoms with Crippen molar-refractivity contribution in [2.24, 2.45) is 28.1 Å². The van der Waals surface area contributed by atoms with Crippen LogP contribution in [0, 0.1) is 17.3 Å². The fourth-order valence-corrected chi connectivity index (χ4v) is 3.13. The molecule has 0 amide bonds. The van der Waals surface area contributed by atoms with E-state index in [1.807, 2.05) is 13.8 Å². The average molecular weight is 283 g/mol. The molecule has 0 heterocycles. The molecule has 0 aromatic carbocycles. The number of nitrogens with two attached hydrogens (primary N) is 1. The van der Waals surface area contributed by atoms with Crippen molar-refractivity contribution >= 4 is 5.84 Å². The predicted molar refractivity (Wildman–Crippen MR) is 85.0 cm³/mol. The van der Waals surface area contributed by atoms with Crippen LogP contribution in [0.15, 0.2) is 5.16 Å². The Kier molecular flexibility index (Phi) is 7.35. The molecule has 4 heteroatoms. The van der Waals surface area contributed by atoms with Gasteiger partial charge in [0.1, 0.15) is 5.84 Å². The van der Waals surface area contributed by atoms with Gasteiger partial charge in [-0.15, -0.1) is 0 Å². The van der Waals surface area contributed by atoms with Crippen molar-refractivity contribution in [3.63, 3.8) is 0 Å². The maximum Gasteiger partial charge on any atom is 0.144 e. The minimum Gasteiger partial charge on any atom is -0.409 e. The first-order valence-electron chi connectivity index (χ1n) is 8.14. The molecule has 1 rings (SSSR count). The van der Waals surface area contributed by atoms with Crippen LogP contribution in [0.25, 0.3) is 0 Å². The van der Waals surface area contributed by atoms with Gasteiger partial charge in [-0.3, -0.25) is 0 Å². The maximum absolute atomic E-state index is 8.73. The molecule has 0 aromatic heterocycles. The van der Waals surface area contributed by atoms with E-state index >= 15 is 0 Å². The van der Waals surface area contributed by atoms with Crippen LogP contribution >= 0.6 is 0 Å². The number of unbranched alkanes of at least 4 members (excludes halogenated alkanes) is 1. The number of nitrogens with one attached hydrogen (secondary N) is 1. The SMILES string of the molecule is CC1CCCC(CNCCCCC(C)(C)C(N)=NO)C1. The first kappa shape index (κ1) is 17.3. The fraction of sp³-hybridized carbons (Fsp3) is 0.938. The summed E-state index contributed by atoms with van der Waals surface area (Å²) in [6.45, 7) is 8.68. The van der Waals surface area contributed by atoms with E-state index in [9.17, 15) is 0 Å². The summed E-state index contributed by atoms with van der Waals surface area (Å²) in [6.07, 6.45) is 8.84. The van der Waals surface area contributed by atoms with Crippen molar-refractivity contribution in [1.29, 1.82) is 0 Å². The molecule has 0 spiro atoms. The van der Waals surface area contributed by atoms with E-state index in [0.29, 0.717) is 5.84 Å². The topological polar surface area (TPSA) is 70.6 Å². The molecule has 1 saturated carbocycles. The number of rotatable bonds is 8. The van der Waals surface area contributed by atoms with Gasteiger partial charge in [-0.05, 0) is 50.6 Å². The molecule has 0 aromatic rings. The molecule has 1 fully saturated rings. The minimum atomic E-state index is -0.201. The normalized spacial score (nSPS) is 24.9. The third-order valence-electron chi connectivity index (χ3n) is 4.68. The van der Waals surface area contributed by atoms with E-state index in [-0.39, 0.29) is 5.41 Å². The second kappa shape index (κ2) is 8.50. The van der Waals surface area contributed by atoms with Crippen LogP contribution in [0.1, 0.15) is 65.7 Å².